The molecular formula is C25H17F3N4O2. The smallest absolute Gasteiger partial charge is 0.279 e. The molecule has 6 nitrogen and oxygen atoms in total. The largest absolute Gasteiger partial charge is 0.324 e. The van der Waals surface area contributed by atoms with Gasteiger partial charge in [0, 0.05) is 23.8 Å². The summed E-state index contributed by atoms with van der Waals surface area (Å²) < 4.78 is 40.6. The van der Waals surface area contributed by atoms with Crippen LogP contribution in [0, 0.1) is 17.5 Å². The number of rotatable bonds is 6. The predicted molar refractivity (Wildman–Crippen MR) is 119 cm³/mol. The number of aromatic nitrogens is 2. The summed E-state index contributed by atoms with van der Waals surface area (Å²) in [5.74, 6) is -2.92. The minimum Gasteiger partial charge on any atom is -0.324 e. The van der Waals surface area contributed by atoms with Crippen LogP contribution in [-0.4, -0.2) is 21.8 Å². The molecule has 0 spiro atoms. The molecule has 0 aliphatic heterocycles. The molecule has 1 atom stereocenters. The van der Waals surface area contributed by atoms with Gasteiger partial charge in [0.15, 0.2) is 0 Å². The third-order valence-electron chi connectivity index (χ3n) is 4.91. The predicted octanol–water partition coefficient (Wildman–Crippen LogP) is 4.92. The summed E-state index contributed by atoms with van der Waals surface area (Å²) in [7, 11) is 0. The van der Waals surface area contributed by atoms with E-state index in [9.17, 15) is 22.8 Å². The zero-order chi connectivity index (χ0) is 24.1. The molecule has 9 heteroatoms. The molecule has 2 amide bonds. The second-order valence-electron chi connectivity index (χ2n) is 7.19. The SMILES string of the molecule is O=C(Nc1ccc(F)cc1)[C@@H](c1ccc(F)cc1)N(C(=O)c1cnccn1)c1ccc(F)cc1. The van der Waals surface area contributed by atoms with Gasteiger partial charge in [-0.15, -0.1) is 0 Å². The van der Waals surface area contributed by atoms with Gasteiger partial charge < -0.3 is 5.32 Å². The Morgan fingerprint density at radius 2 is 1.32 bits per heavy atom. The van der Waals surface area contributed by atoms with Gasteiger partial charge in [-0.25, -0.2) is 18.2 Å². The number of anilines is 2. The van der Waals surface area contributed by atoms with Crippen LogP contribution in [0.15, 0.2) is 91.4 Å². The Morgan fingerprint density at radius 3 is 1.88 bits per heavy atom. The highest BCUT2D eigenvalue weighted by atomic mass is 19.1. The third-order valence-corrected chi connectivity index (χ3v) is 4.91. The average Bonchev–Trinajstić information content (AvgIpc) is 2.85. The van der Waals surface area contributed by atoms with Crippen molar-refractivity contribution in [2.45, 2.75) is 6.04 Å². The molecule has 0 aliphatic rings. The quantitative estimate of drug-likeness (QED) is 0.441. The highest BCUT2D eigenvalue weighted by Gasteiger charge is 2.34. The molecule has 1 aromatic heterocycles. The van der Waals surface area contributed by atoms with Gasteiger partial charge in [-0.05, 0) is 66.2 Å². The number of benzene rings is 3. The molecule has 170 valence electrons. The molecule has 0 aliphatic carbocycles. The molecule has 0 fully saturated rings. The van der Waals surface area contributed by atoms with Crippen molar-refractivity contribution in [3.05, 3.63) is 120 Å². The van der Waals surface area contributed by atoms with Crippen molar-refractivity contribution in [3.63, 3.8) is 0 Å². The van der Waals surface area contributed by atoms with Crippen LogP contribution in [0.3, 0.4) is 0 Å². The van der Waals surface area contributed by atoms with Gasteiger partial charge in [-0.1, -0.05) is 12.1 Å². The summed E-state index contributed by atoms with van der Waals surface area (Å²) in [5, 5.41) is 2.65. The van der Waals surface area contributed by atoms with Gasteiger partial charge in [0.2, 0.25) is 0 Å². The molecule has 0 radical (unpaired) electrons. The summed E-state index contributed by atoms with van der Waals surface area (Å²) >= 11 is 0. The first-order valence-corrected chi connectivity index (χ1v) is 10.1. The fourth-order valence-corrected chi connectivity index (χ4v) is 3.32. The third kappa shape index (κ3) is 5.09. The first kappa shape index (κ1) is 22.7. The van der Waals surface area contributed by atoms with Crippen LogP contribution >= 0.6 is 0 Å². The summed E-state index contributed by atoms with van der Waals surface area (Å²) in [6.45, 7) is 0. The number of hydrogen-bond acceptors (Lipinski definition) is 4. The first-order chi connectivity index (χ1) is 16.4. The van der Waals surface area contributed by atoms with Crippen molar-refractivity contribution in [2.24, 2.45) is 0 Å². The molecule has 1 heterocycles. The molecule has 0 unspecified atom stereocenters. The van der Waals surface area contributed by atoms with E-state index in [-0.39, 0.29) is 22.6 Å². The lowest BCUT2D eigenvalue weighted by Gasteiger charge is -2.31. The number of nitrogens with one attached hydrogen (secondary N) is 1. The van der Waals surface area contributed by atoms with E-state index in [2.05, 4.69) is 15.3 Å². The molecular weight excluding hydrogens is 445 g/mol. The van der Waals surface area contributed by atoms with E-state index < -0.39 is 35.3 Å². The van der Waals surface area contributed by atoms with Crippen LogP contribution in [0.1, 0.15) is 22.1 Å². The summed E-state index contributed by atoms with van der Waals surface area (Å²) in [4.78, 5) is 36.1. The topological polar surface area (TPSA) is 75.2 Å². The van der Waals surface area contributed by atoms with Gasteiger partial charge >= 0.3 is 0 Å². The molecule has 1 N–H and O–H groups in total. The number of carbonyl (C=O) groups excluding carboxylic acids is 2. The van der Waals surface area contributed by atoms with Crippen molar-refractivity contribution in [2.75, 3.05) is 10.2 Å². The maximum absolute atomic E-state index is 13.7. The van der Waals surface area contributed by atoms with Gasteiger partial charge in [0.25, 0.3) is 11.8 Å². The molecule has 4 aromatic rings. The van der Waals surface area contributed by atoms with Crippen LogP contribution in [0.5, 0.6) is 0 Å². The van der Waals surface area contributed by atoms with Crippen LogP contribution < -0.4 is 10.2 Å². The second-order valence-corrected chi connectivity index (χ2v) is 7.19. The maximum atomic E-state index is 13.7. The zero-order valence-corrected chi connectivity index (χ0v) is 17.5. The highest BCUT2D eigenvalue weighted by molar-refractivity contribution is 6.11. The van der Waals surface area contributed by atoms with Crippen molar-refractivity contribution in [1.82, 2.24) is 9.97 Å². The second kappa shape index (κ2) is 9.95. The maximum Gasteiger partial charge on any atom is 0.279 e. The van der Waals surface area contributed by atoms with Crippen LogP contribution in [0.2, 0.25) is 0 Å². The normalized spacial score (nSPS) is 11.5. The van der Waals surface area contributed by atoms with E-state index in [4.69, 9.17) is 0 Å². The van der Waals surface area contributed by atoms with Gasteiger partial charge in [-0.3, -0.25) is 19.5 Å². The lowest BCUT2D eigenvalue weighted by molar-refractivity contribution is -0.117. The lowest BCUT2D eigenvalue weighted by atomic mass is 10.0. The Balaban J connectivity index is 1.83. The molecule has 0 bridgehead atoms. The Labute approximate surface area is 192 Å². The number of halogens is 3. The van der Waals surface area contributed by atoms with E-state index >= 15 is 0 Å². The van der Waals surface area contributed by atoms with Gasteiger partial charge in [-0.2, -0.15) is 0 Å². The fraction of sp³-hybridized carbons (Fsp3) is 0.0400. The van der Waals surface area contributed by atoms with E-state index in [1.54, 1.807) is 0 Å². The Morgan fingerprint density at radius 1 is 0.765 bits per heavy atom. The van der Waals surface area contributed by atoms with Gasteiger partial charge in [0.05, 0.1) is 6.20 Å². The fourth-order valence-electron chi connectivity index (χ4n) is 3.32. The lowest BCUT2D eigenvalue weighted by Crippen LogP contribution is -2.42. The van der Waals surface area contributed by atoms with Crippen molar-refractivity contribution < 1.29 is 22.8 Å². The Bertz CT molecular complexity index is 1280. The minimum atomic E-state index is -1.31. The molecule has 0 saturated carbocycles. The van der Waals surface area contributed by atoms with Crippen molar-refractivity contribution >= 4 is 23.2 Å². The van der Waals surface area contributed by atoms with Crippen molar-refractivity contribution in [1.29, 1.82) is 0 Å². The standard InChI is InChI=1S/C25H17F3N4O2/c26-17-3-1-16(2-4-17)23(24(33)31-20-9-5-18(27)6-10-20)32(21-11-7-19(28)8-12-21)25(34)22-15-29-13-14-30-22/h1-15,23H,(H,31,33)/t23-/m1/s1. The van der Waals surface area contributed by atoms with Crippen LogP contribution in [0.25, 0.3) is 0 Å². The number of amides is 2. The number of nitrogens with zero attached hydrogens (tertiary/aromatic N) is 3. The van der Waals surface area contributed by atoms with E-state index in [0.717, 1.165) is 29.2 Å². The first-order valence-electron chi connectivity index (χ1n) is 10.1. The molecule has 0 saturated heterocycles. The highest BCUT2D eigenvalue weighted by Crippen LogP contribution is 2.31. The van der Waals surface area contributed by atoms with E-state index in [1.165, 1.54) is 67.1 Å². The molecule has 3 aromatic carbocycles. The van der Waals surface area contributed by atoms with Gasteiger partial charge in [0.1, 0.15) is 29.2 Å². The van der Waals surface area contributed by atoms with E-state index in [1.807, 2.05) is 0 Å². The molecule has 4 rings (SSSR count). The monoisotopic (exact) mass is 462 g/mol. The summed E-state index contributed by atoms with van der Waals surface area (Å²) in [6, 6.07) is 13.8. The number of hydrogen-bond donors (Lipinski definition) is 1. The Kier molecular flexibility index (Phi) is 6.63. The van der Waals surface area contributed by atoms with Crippen LogP contribution in [-0.2, 0) is 4.79 Å². The Hall–Kier alpha value is -4.53. The van der Waals surface area contributed by atoms with Crippen LogP contribution in [0.4, 0.5) is 24.5 Å². The average molecular weight is 462 g/mol. The molecule has 34 heavy (non-hydrogen) atoms. The van der Waals surface area contributed by atoms with E-state index in [0.29, 0.717) is 0 Å². The summed E-state index contributed by atoms with van der Waals surface area (Å²) in [5.41, 5.74) is 0.696. The zero-order valence-electron chi connectivity index (χ0n) is 17.5. The summed E-state index contributed by atoms with van der Waals surface area (Å²) in [6.07, 6.45) is 3.94. The number of carbonyl (C=O) groups is 2. The van der Waals surface area contributed by atoms with Crippen molar-refractivity contribution in [3.8, 4) is 0 Å². The minimum absolute atomic E-state index is 0.0616.